The summed E-state index contributed by atoms with van der Waals surface area (Å²) in [6, 6.07) is -3.05. The van der Waals surface area contributed by atoms with E-state index in [4.69, 9.17) is 0 Å². The number of rotatable bonds is 4. The van der Waals surface area contributed by atoms with Crippen molar-refractivity contribution < 1.29 is 53.0 Å². The molecule has 1 nitrogen and oxygen atoms in total. The minimum atomic E-state index is -7.30. The second kappa shape index (κ2) is 4.71. The fourth-order valence-electron chi connectivity index (χ4n) is 0.726. The largest absolute Gasteiger partial charge is 0.472 e. The molecule has 0 heterocycles. The Balaban J connectivity index is 5.92. The third-order valence-corrected chi connectivity index (χ3v) is 1.77. The predicted molar refractivity (Wildman–Crippen MR) is 37.1 cm³/mol. The van der Waals surface area contributed by atoms with Gasteiger partial charge in [0.2, 0.25) is 5.83 Å². The van der Waals surface area contributed by atoms with Gasteiger partial charge in [-0.2, -0.15) is 48.3 Å². The van der Waals surface area contributed by atoms with Gasteiger partial charge < -0.3 is 4.74 Å². The molecule has 19 heavy (non-hydrogen) atoms. The van der Waals surface area contributed by atoms with Crippen LogP contribution < -0.4 is 0 Å². The van der Waals surface area contributed by atoms with E-state index in [0.29, 0.717) is 0 Å². The van der Waals surface area contributed by atoms with Crippen LogP contribution >= 0.6 is 0 Å². The molecule has 0 spiro atoms. The number of alkyl halides is 9. The van der Waals surface area contributed by atoms with Crippen LogP contribution in [0.5, 0.6) is 0 Å². The molecule has 0 radical (unpaired) electrons. The zero-order valence-corrected chi connectivity index (χ0v) is 8.57. The third-order valence-electron chi connectivity index (χ3n) is 1.77. The minimum absolute atomic E-state index is 0.158. The molecule has 0 aliphatic carbocycles. The summed E-state index contributed by atoms with van der Waals surface area (Å²) in [7, 11) is 0.158. The van der Waals surface area contributed by atoms with Crippen molar-refractivity contribution in [1.82, 2.24) is 0 Å². The summed E-state index contributed by atoms with van der Waals surface area (Å²) in [6.07, 6.45) is -7.11. The van der Waals surface area contributed by atoms with Gasteiger partial charge in [0, 0.05) is 0 Å². The van der Waals surface area contributed by atoms with Crippen LogP contribution in [0.2, 0.25) is 0 Å². The number of hydrogen-bond donors (Lipinski definition) is 0. The van der Waals surface area contributed by atoms with Gasteiger partial charge in [-0.1, -0.05) is 0 Å². The lowest BCUT2D eigenvalue weighted by Crippen LogP contribution is -2.61. The molecule has 114 valence electrons. The molecule has 0 unspecified atom stereocenters. The summed E-state index contributed by atoms with van der Waals surface area (Å²) >= 11 is 0. The third kappa shape index (κ3) is 2.56. The molecule has 0 atom stereocenters. The molecular weight excluding hydrogens is 309 g/mol. The Hall–Kier alpha value is -1.23. The average Bonchev–Trinajstić information content (AvgIpc) is 2.24. The number of hydrogen-bond acceptors (Lipinski definition) is 1. The van der Waals surface area contributed by atoms with Crippen LogP contribution in [-0.2, 0) is 4.74 Å². The second-order valence-electron chi connectivity index (χ2n) is 3.01. The van der Waals surface area contributed by atoms with Crippen LogP contribution in [0.3, 0.4) is 0 Å². The normalized spacial score (nSPS) is 16.2. The molecule has 0 fully saturated rings. The van der Waals surface area contributed by atoms with Crippen LogP contribution in [0.15, 0.2) is 11.8 Å². The van der Waals surface area contributed by atoms with E-state index in [2.05, 4.69) is 4.74 Å². The van der Waals surface area contributed by atoms with Gasteiger partial charge in [-0.3, -0.25) is 0 Å². The van der Waals surface area contributed by atoms with Crippen LogP contribution in [0.1, 0.15) is 0 Å². The van der Waals surface area contributed by atoms with Gasteiger partial charge in [-0.15, -0.1) is 0 Å². The highest BCUT2D eigenvalue weighted by molar-refractivity contribution is 5.16. The first-order chi connectivity index (χ1) is 8.14. The highest BCUT2D eigenvalue weighted by Gasteiger charge is 2.83. The van der Waals surface area contributed by atoms with Crippen molar-refractivity contribution in [2.45, 2.75) is 23.9 Å². The summed E-state index contributed by atoms with van der Waals surface area (Å²) in [5.74, 6) is -25.2. The number of methoxy groups -OCH3 is 1. The van der Waals surface area contributed by atoms with Gasteiger partial charge in [-0.25, -0.2) is 0 Å². The SMILES string of the molecule is COC(F)=C(F)C(F)(F)C(F)(F)C(F)(F)C(F)(F)F. The lowest BCUT2D eigenvalue weighted by molar-refractivity contribution is -0.392. The van der Waals surface area contributed by atoms with Gasteiger partial charge in [0.05, 0.1) is 7.11 Å². The quantitative estimate of drug-likeness (QED) is 0.558. The van der Waals surface area contributed by atoms with Gasteiger partial charge in [0.15, 0.2) is 0 Å². The van der Waals surface area contributed by atoms with E-state index < -0.39 is 35.8 Å². The van der Waals surface area contributed by atoms with Crippen molar-refractivity contribution in [3.63, 3.8) is 0 Å². The summed E-state index contributed by atoms with van der Waals surface area (Å²) < 4.78 is 137. The highest BCUT2D eigenvalue weighted by atomic mass is 19.4. The monoisotopic (exact) mass is 312 g/mol. The Labute approximate surface area is 97.2 Å². The Kier molecular flexibility index (Phi) is 4.40. The molecule has 0 amide bonds. The number of halogens is 11. The zero-order chi connectivity index (χ0) is 15.9. The number of ether oxygens (including phenoxy) is 1. The van der Waals surface area contributed by atoms with E-state index in [1.807, 2.05) is 0 Å². The number of allylic oxidation sites excluding steroid dienone is 1. The summed E-state index contributed by atoms with van der Waals surface area (Å²) in [4.78, 5) is 0. The first-order valence-electron chi connectivity index (χ1n) is 3.94. The van der Waals surface area contributed by atoms with Crippen molar-refractivity contribution in [2.24, 2.45) is 0 Å². The fourth-order valence-corrected chi connectivity index (χ4v) is 0.726. The van der Waals surface area contributed by atoms with Crippen molar-refractivity contribution in [3.05, 3.63) is 11.8 Å². The molecule has 0 aliphatic rings. The molecule has 0 N–H and O–H groups in total. The second-order valence-corrected chi connectivity index (χ2v) is 3.01. The molecule has 0 bridgehead atoms. The van der Waals surface area contributed by atoms with E-state index in [-0.39, 0.29) is 7.11 Å². The van der Waals surface area contributed by atoms with Gasteiger partial charge in [0.25, 0.3) is 0 Å². The van der Waals surface area contributed by atoms with Crippen molar-refractivity contribution >= 4 is 0 Å². The van der Waals surface area contributed by atoms with Crippen LogP contribution in [0.25, 0.3) is 0 Å². The predicted octanol–water partition coefficient (Wildman–Crippen LogP) is 4.21. The smallest absolute Gasteiger partial charge is 0.460 e. The maximum Gasteiger partial charge on any atom is 0.460 e. The molecule has 0 aromatic carbocycles. The fraction of sp³-hybridized carbons (Fsp3) is 0.714. The average molecular weight is 312 g/mol. The highest BCUT2D eigenvalue weighted by Crippen LogP contribution is 2.55. The molecule has 0 saturated heterocycles. The van der Waals surface area contributed by atoms with Crippen molar-refractivity contribution in [2.75, 3.05) is 7.11 Å². The van der Waals surface area contributed by atoms with E-state index in [1.165, 1.54) is 0 Å². The van der Waals surface area contributed by atoms with E-state index in [0.717, 1.165) is 0 Å². The molecule has 12 heteroatoms. The summed E-state index contributed by atoms with van der Waals surface area (Å²) in [5.41, 5.74) is 0. The zero-order valence-electron chi connectivity index (χ0n) is 8.57. The maximum absolute atomic E-state index is 12.6. The van der Waals surface area contributed by atoms with Crippen LogP contribution in [-0.4, -0.2) is 31.1 Å². The minimum Gasteiger partial charge on any atom is -0.472 e. The Morgan fingerprint density at radius 3 is 1.37 bits per heavy atom. The molecule has 0 aromatic heterocycles. The molecule has 0 aliphatic heterocycles. The summed E-state index contributed by atoms with van der Waals surface area (Å²) in [6.45, 7) is 0. The van der Waals surface area contributed by atoms with Crippen molar-refractivity contribution in [3.8, 4) is 0 Å². The molecular formula is C7H3F11O. The van der Waals surface area contributed by atoms with Gasteiger partial charge in [0.1, 0.15) is 0 Å². The molecule has 0 rings (SSSR count). The van der Waals surface area contributed by atoms with Crippen molar-refractivity contribution in [1.29, 1.82) is 0 Å². The first kappa shape index (κ1) is 17.8. The van der Waals surface area contributed by atoms with Gasteiger partial charge in [-0.05, 0) is 0 Å². The Morgan fingerprint density at radius 2 is 1.11 bits per heavy atom. The Bertz CT molecular complexity index is 366. The molecule has 0 saturated carbocycles. The van der Waals surface area contributed by atoms with E-state index >= 15 is 0 Å². The van der Waals surface area contributed by atoms with E-state index in [1.54, 1.807) is 0 Å². The lowest BCUT2D eigenvalue weighted by Gasteiger charge is -2.32. The van der Waals surface area contributed by atoms with Crippen LogP contribution in [0.4, 0.5) is 48.3 Å². The lowest BCUT2D eigenvalue weighted by atomic mass is 10.0. The van der Waals surface area contributed by atoms with Gasteiger partial charge >= 0.3 is 30.0 Å². The van der Waals surface area contributed by atoms with E-state index in [9.17, 15) is 48.3 Å². The standard InChI is InChI=1S/C7H3F11O/c1-19-3(9)2(8)4(10,11)5(12,13)6(14,15)7(16,17)18/h1H3. The first-order valence-corrected chi connectivity index (χ1v) is 3.94. The topological polar surface area (TPSA) is 9.23 Å². The summed E-state index contributed by atoms with van der Waals surface area (Å²) in [5, 5.41) is 0. The maximum atomic E-state index is 12.6. The molecule has 0 aromatic rings. The van der Waals surface area contributed by atoms with Crippen LogP contribution in [0, 0.1) is 0 Å². The Morgan fingerprint density at radius 1 is 0.737 bits per heavy atom.